The minimum absolute atomic E-state index is 0.0598. The fraction of sp³-hybridized carbons (Fsp3) is 0.625. The zero-order valence-electron chi connectivity index (χ0n) is 11.7. The van der Waals surface area contributed by atoms with Gasteiger partial charge in [-0.3, -0.25) is 0 Å². The van der Waals surface area contributed by atoms with Crippen LogP contribution in [0.3, 0.4) is 0 Å². The van der Waals surface area contributed by atoms with Crippen LogP contribution in [0.5, 0.6) is 11.5 Å². The van der Waals surface area contributed by atoms with Crippen LogP contribution in [-0.2, 0) is 6.42 Å². The van der Waals surface area contributed by atoms with E-state index in [2.05, 4.69) is 20.8 Å². The van der Waals surface area contributed by atoms with Crippen molar-refractivity contribution < 1.29 is 9.84 Å². The van der Waals surface area contributed by atoms with Crippen molar-refractivity contribution in [2.45, 2.75) is 58.5 Å². The number of ether oxygens (including phenoxy) is 1. The van der Waals surface area contributed by atoms with Gasteiger partial charge in [-0.25, -0.2) is 0 Å². The molecule has 1 aliphatic rings. The lowest BCUT2D eigenvalue weighted by atomic mass is 9.87. The van der Waals surface area contributed by atoms with Gasteiger partial charge in [-0.1, -0.05) is 26.3 Å². The number of phenolic OH excluding ortho intramolecular Hbond substituents is 1. The quantitative estimate of drug-likeness (QED) is 0.860. The van der Waals surface area contributed by atoms with E-state index in [0.717, 1.165) is 36.5 Å². The van der Waals surface area contributed by atoms with Crippen molar-refractivity contribution in [3.63, 3.8) is 0 Å². The summed E-state index contributed by atoms with van der Waals surface area (Å²) in [5.41, 5.74) is 0.911. The first-order valence-electron chi connectivity index (χ1n) is 7.00. The van der Waals surface area contributed by atoms with E-state index in [1.807, 2.05) is 12.1 Å². The van der Waals surface area contributed by atoms with Gasteiger partial charge in [0.05, 0.1) is 0 Å². The van der Waals surface area contributed by atoms with E-state index in [4.69, 9.17) is 4.74 Å². The predicted molar refractivity (Wildman–Crippen MR) is 74.1 cm³/mol. The summed E-state index contributed by atoms with van der Waals surface area (Å²) < 4.78 is 6.12. The first-order valence-corrected chi connectivity index (χ1v) is 7.00. The van der Waals surface area contributed by atoms with Crippen molar-refractivity contribution in [3.8, 4) is 11.5 Å². The van der Waals surface area contributed by atoms with E-state index in [-0.39, 0.29) is 5.60 Å². The molecule has 1 heterocycles. The van der Waals surface area contributed by atoms with Crippen LogP contribution in [0.4, 0.5) is 0 Å². The van der Waals surface area contributed by atoms with E-state index in [9.17, 15) is 5.11 Å². The molecule has 0 radical (unpaired) electrons. The Hall–Kier alpha value is -1.18. The van der Waals surface area contributed by atoms with Crippen molar-refractivity contribution >= 4 is 0 Å². The molecule has 0 aliphatic carbocycles. The largest absolute Gasteiger partial charge is 0.508 e. The number of fused-ring (bicyclic) bond motifs is 1. The fourth-order valence-corrected chi connectivity index (χ4v) is 2.67. The van der Waals surface area contributed by atoms with E-state index < -0.39 is 0 Å². The standard InChI is InChI=1S/C16H24O2/c1-12(2)6-5-10-16(3)11-9-13-14(17)7-4-8-15(13)18-16/h4,7-8,12,17H,5-6,9-11H2,1-3H3. The Balaban J connectivity index is 2.02. The smallest absolute Gasteiger partial charge is 0.127 e. The zero-order chi connectivity index (χ0) is 13.2. The summed E-state index contributed by atoms with van der Waals surface area (Å²) in [6, 6.07) is 5.56. The molecule has 0 amide bonds. The lowest BCUT2D eigenvalue weighted by Crippen LogP contribution is -2.36. The summed E-state index contributed by atoms with van der Waals surface area (Å²) >= 11 is 0. The van der Waals surface area contributed by atoms with Gasteiger partial charge in [0.2, 0.25) is 0 Å². The second kappa shape index (κ2) is 5.21. The summed E-state index contributed by atoms with van der Waals surface area (Å²) in [4.78, 5) is 0. The molecule has 0 saturated heterocycles. The number of benzene rings is 1. The van der Waals surface area contributed by atoms with Crippen LogP contribution >= 0.6 is 0 Å². The van der Waals surface area contributed by atoms with Crippen LogP contribution in [0.1, 0.15) is 52.0 Å². The molecule has 0 aromatic heterocycles. The molecule has 2 nitrogen and oxygen atoms in total. The van der Waals surface area contributed by atoms with Crippen LogP contribution in [0.15, 0.2) is 18.2 Å². The van der Waals surface area contributed by atoms with Crippen molar-refractivity contribution in [2.24, 2.45) is 5.92 Å². The maximum atomic E-state index is 9.80. The van der Waals surface area contributed by atoms with Crippen LogP contribution < -0.4 is 4.74 Å². The van der Waals surface area contributed by atoms with Crippen LogP contribution in [0, 0.1) is 5.92 Å². The maximum Gasteiger partial charge on any atom is 0.127 e. The van der Waals surface area contributed by atoms with Gasteiger partial charge in [0.1, 0.15) is 17.1 Å². The van der Waals surface area contributed by atoms with E-state index in [1.54, 1.807) is 6.07 Å². The number of hydrogen-bond acceptors (Lipinski definition) is 2. The Bertz CT molecular complexity index is 412. The molecule has 2 rings (SSSR count). The molecule has 100 valence electrons. The fourth-order valence-electron chi connectivity index (χ4n) is 2.67. The van der Waals surface area contributed by atoms with E-state index in [0.29, 0.717) is 5.75 Å². The average Bonchev–Trinajstić information content (AvgIpc) is 2.28. The van der Waals surface area contributed by atoms with Gasteiger partial charge in [0, 0.05) is 5.56 Å². The van der Waals surface area contributed by atoms with Gasteiger partial charge < -0.3 is 9.84 Å². The van der Waals surface area contributed by atoms with Gasteiger partial charge in [-0.05, 0) is 50.7 Å². The molecule has 2 heteroatoms. The van der Waals surface area contributed by atoms with Crippen molar-refractivity contribution in [1.82, 2.24) is 0 Å². The molecular weight excluding hydrogens is 224 g/mol. The Labute approximate surface area is 110 Å². The number of aromatic hydroxyl groups is 1. The highest BCUT2D eigenvalue weighted by Gasteiger charge is 2.32. The number of phenols is 1. The van der Waals surface area contributed by atoms with Gasteiger partial charge in [0.15, 0.2) is 0 Å². The molecule has 1 aromatic carbocycles. The number of rotatable bonds is 4. The molecule has 1 N–H and O–H groups in total. The van der Waals surface area contributed by atoms with Crippen molar-refractivity contribution in [3.05, 3.63) is 23.8 Å². The Morgan fingerprint density at radius 3 is 2.89 bits per heavy atom. The first kappa shape index (κ1) is 13.3. The lowest BCUT2D eigenvalue weighted by molar-refractivity contribution is 0.0520. The highest BCUT2D eigenvalue weighted by atomic mass is 16.5. The van der Waals surface area contributed by atoms with Gasteiger partial charge in [-0.2, -0.15) is 0 Å². The predicted octanol–water partition coefficient (Wildman–Crippen LogP) is 4.30. The third-order valence-corrected chi connectivity index (χ3v) is 3.86. The van der Waals surface area contributed by atoms with Gasteiger partial charge in [-0.15, -0.1) is 0 Å². The highest BCUT2D eigenvalue weighted by Crippen LogP contribution is 2.39. The molecule has 1 aromatic rings. The summed E-state index contributed by atoms with van der Waals surface area (Å²) in [5, 5.41) is 9.80. The van der Waals surface area contributed by atoms with E-state index in [1.165, 1.54) is 12.8 Å². The normalized spacial score (nSPS) is 22.7. The average molecular weight is 248 g/mol. The molecule has 0 spiro atoms. The summed E-state index contributed by atoms with van der Waals surface area (Å²) in [7, 11) is 0. The molecule has 0 bridgehead atoms. The molecule has 1 aliphatic heterocycles. The third kappa shape index (κ3) is 2.98. The Morgan fingerprint density at radius 1 is 1.39 bits per heavy atom. The maximum absolute atomic E-state index is 9.80. The second-order valence-electron chi connectivity index (χ2n) is 6.09. The molecule has 0 fully saturated rings. The van der Waals surface area contributed by atoms with Gasteiger partial charge in [0.25, 0.3) is 0 Å². The SMILES string of the molecule is CC(C)CCCC1(C)CCc2c(O)cccc2O1. The highest BCUT2D eigenvalue weighted by molar-refractivity contribution is 5.45. The Kier molecular flexibility index (Phi) is 3.84. The molecule has 1 atom stereocenters. The minimum atomic E-state index is -0.0598. The molecule has 0 saturated carbocycles. The summed E-state index contributed by atoms with van der Waals surface area (Å²) in [5.74, 6) is 2.00. The van der Waals surface area contributed by atoms with Crippen molar-refractivity contribution in [1.29, 1.82) is 0 Å². The summed E-state index contributed by atoms with van der Waals surface area (Å²) in [6.07, 6.45) is 5.48. The molecular formula is C16H24O2. The zero-order valence-corrected chi connectivity index (χ0v) is 11.7. The molecule has 1 unspecified atom stereocenters. The topological polar surface area (TPSA) is 29.5 Å². The van der Waals surface area contributed by atoms with E-state index >= 15 is 0 Å². The summed E-state index contributed by atoms with van der Waals surface area (Å²) in [6.45, 7) is 6.72. The second-order valence-corrected chi connectivity index (χ2v) is 6.09. The third-order valence-electron chi connectivity index (χ3n) is 3.86. The monoisotopic (exact) mass is 248 g/mol. The minimum Gasteiger partial charge on any atom is -0.508 e. The van der Waals surface area contributed by atoms with Crippen molar-refractivity contribution in [2.75, 3.05) is 0 Å². The molecule has 18 heavy (non-hydrogen) atoms. The first-order chi connectivity index (χ1) is 8.50. The number of hydrogen-bond donors (Lipinski definition) is 1. The lowest BCUT2D eigenvalue weighted by Gasteiger charge is -2.36. The van der Waals surface area contributed by atoms with Crippen LogP contribution in [0.25, 0.3) is 0 Å². The Morgan fingerprint density at radius 2 is 2.17 bits per heavy atom. The van der Waals surface area contributed by atoms with Crippen LogP contribution in [-0.4, -0.2) is 10.7 Å². The van der Waals surface area contributed by atoms with Gasteiger partial charge >= 0.3 is 0 Å². The van der Waals surface area contributed by atoms with Crippen LogP contribution in [0.2, 0.25) is 0 Å².